The highest BCUT2D eigenvalue weighted by atomic mass is 35.5. The van der Waals surface area contributed by atoms with E-state index in [1.54, 1.807) is 0 Å². The molecule has 0 aromatic heterocycles. The molecule has 19 heavy (non-hydrogen) atoms. The van der Waals surface area contributed by atoms with E-state index in [0.29, 0.717) is 19.6 Å². The quantitative estimate of drug-likeness (QED) is 0.918. The van der Waals surface area contributed by atoms with Gasteiger partial charge in [-0.05, 0) is 30.5 Å². The molecule has 0 aliphatic carbocycles. The predicted octanol–water partition coefficient (Wildman–Crippen LogP) is 1.85. The third-order valence-corrected chi connectivity index (χ3v) is 5.35. The standard InChI is InChI=1S/C12H13ClO5S/c13-10-2-1-9(12(14)15)5-11(10)19(16,17)7-8-3-4-18-6-8/h1-2,5,8H,3-4,6-7H2,(H,14,15). The molecule has 104 valence electrons. The Balaban J connectivity index is 2.33. The van der Waals surface area contributed by atoms with Crippen molar-refractivity contribution in [3.8, 4) is 0 Å². The SMILES string of the molecule is O=C(O)c1ccc(Cl)c(S(=O)(=O)CC2CCOC2)c1. The zero-order chi connectivity index (χ0) is 14.0. The lowest BCUT2D eigenvalue weighted by Gasteiger charge is -2.10. The Hall–Kier alpha value is -1.11. The predicted molar refractivity (Wildman–Crippen MR) is 69.4 cm³/mol. The van der Waals surface area contributed by atoms with Crippen molar-refractivity contribution in [2.75, 3.05) is 19.0 Å². The Labute approximate surface area is 116 Å². The van der Waals surface area contributed by atoms with Crippen molar-refractivity contribution in [2.45, 2.75) is 11.3 Å². The largest absolute Gasteiger partial charge is 0.478 e. The van der Waals surface area contributed by atoms with Crippen molar-refractivity contribution in [1.82, 2.24) is 0 Å². The Kier molecular flexibility index (Phi) is 4.13. The summed E-state index contributed by atoms with van der Waals surface area (Å²) in [5, 5.41) is 8.94. The van der Waals surface area contributed by atoms with E-state index in [-0.39, 0.29) is 27.2 Å². The first-order chi connectivity index (χ1) is 8.90. The minimum atomic E-state index is -3.61. The highest BCUT2D eigenvalue weighted by Crippen LogP contribution is 2.27. The summed E-state index contributed by atoms with van der Waals surface area (Å²) in [5.41, 5.74) is -0.0920. The molecule has 0 bridgehead atoms. The first kappa shape index (κ1) is 14.3. The van der Waals surface area contributed by atoms with Crippen LogP contribution in [0.1, 0.15) is 16.8 Å². The van der Waals surface area contributed by atoms with Crippen LogP contribution in [-0.4, -0.2) is 38.5 Å². The number of benzene rings is 1. The molecule has 0 saturated carbocycles. The van der Waals surface area contributed by atoms with Crippen LogP contribution in [0.25, 0.3) is 0 Å². The molecule has 1 N–H and O–H groups in total. The van der Waals surface area contributed by atoms with E-state index in [9.17, 15) is 13.2 Å². The number of hydrogen-bond donors (Lipinski definition) is 1. The summed E-state index contributed by atoms with van der Waals surface area (Å²) >= 11 is 5.87. The molecule has 0 amide bonds. The van der Waals surface area contributed by atoms with E-state index in [4.69, 9.17) is 21.4 Å². The number of carboxylic acids is 1. The lowest BCUT2D eigenvalue weighted by Crippen LogP contribution is -2.17. The molecule has 7 heteroatoms. The average Bonchev–Trinajstić information content (AvgIpc) is 2.81. The molecule has 1 aromatic carbocycles. The van der Waals surface area contributed by atoms with Crippen molar-refractivity contribution in [3.05, 3.63) is 28.8 Å². The van der Waals surface area contributed by atoms with Crippen LogP contribution in [0.15, 0.2) is 23.1 Å². The molecule has 2 rings (SSSR count). The smallest absolute Gasteiger partial charge is 0.335 e. The van der Waals surface area contributed by atoms with E-state index in [0.717, 1.165) is 6.07 Å². The molecule has 1 aliphatic rings. The fourth-order valence-corrected chi connectivity index (χ4v) is 4.19. The maximum atomic E-state index is 12.3. The zero-order valence-corrected chi connectivity index (χ0v) is 11.6. The van der Waals surface area contributed by atoms with Crippen LogP contribution in [0.3, 0.4) is 0 Å². The number of hydrogen-bond acceptors (Lipinski definition) is 4. The van der Waals surface area contributed by atoms with E-state index in [2.05, 4.69) is 0 Å². The third kappa shape index (κ3) is 3.26. The van der Waals surface area contributed by atoms with Gasteiger partial charge in [-0.2, -0.15) is 0 Å². The summed E-state index contributed by atoms with van der Waals surface area (Å²) in [6.07, 6.45) is 0.690. The number of halogens is 1. The molecule has 0 spiro atoms. The first-order valence-electron chi connectivity index (χ1n) is 5.73. The Bertz CT molecular complexity index is 590. The van der Waals surface area contributed by atoms with Crippen molar-refractivity contribution in [3.63, 3.8) is 0 Å². The Morgan fingerprint density at radius 1 is 1.47 bits per heavy atom. The molecular formula is C12H13ClO5S. The van der Waals surface area contributed by atoms with Crippen molar-refractivity contribution < 1.29 is 23.1 Å². The Morgan fingerprint density at radius 2 is 2.21 bits per heavy atom. The molecule has 0 radical (unpaired) electrons. The van der Waals surface area contributed by atoms with Gasteiger partial charge in [-0.25, -0.2) is 13.2 Å². The number of carbonyl (C=O) groups is 1. The van der Waals surface area contributed by atoms with Crippen molar-refractivity contribution in [2.24, 2.45) is 5.92 Å². The number of aromatic carboxylic acids is 1. The minimum absolute atomic E-state index is 0.0453. The summed E-state index contributed by atoms with van der Waals surface area (Å²) in [6.45, 7) is 0.971. The third-order valence-electron chi connectivity index (χ3n) is 2.99. The van der Waals surface area contributed by atoms with Gasteiger partial charge in [-0.3, -0.25) is 0 Å². The van der Waals surface area contributed by atoms with Gasteiger partial charge >= 0.3 is 5.97 Å². The fraction of sp³-hybridized carbons (Fsp3) is 0.417. The van der Waals surface area contributed by atoms with Gasteiger partial charge in [0.2, 0.25) is 0 Å². The highest BCUT2D eigenvalue weighted by molar-refractivity contribution is 7.91. The monoisotopic (exact) mass is 304 g/mol. The molecule has 1 aliphatic heterocycles. The number of carboxylic acid groups (broad SMARTS) is 1. The summed E-state index contributed by atoms with van der Waals surface area (Å²) in [6, 6.07) is 3.68. The van der Waals surface area contributed by atoms with E-state index in [1.165, 1.54) is 12.1 Å². The maximum Gasteiger partial charge on any atom is 0.335 e. The molecule has 1 heterocycles. The van der Waals surface area contributed by atoms with Gasteiger partial charge in [0, 0.05) is 6.61 Å². The van der Waals surface area contributed by atoms with E-state index >= 15 is 0 Å². The number of sulfone groups is 1. The van der Waals surface area contributed by atoms with Crippen LogP contribution in [0, 0.1) is 5.92 Å². The van der Waals surface area contributed by atoms with Crippen LogP contribution in [0.2, 0.25) is 5.02 Å². The molecule has 5 nitrogen and oxygen atoms in total. The highest BCUT2D eigenvalue weighted by Gasteiger charge is 2.27. The van der Waals surface area contributed by atoms with Crippen LogP contribution < -0.4 is 0 Å². The zero-order valence-electron chi connectivity index (χ0n) is 10.0. The van der Waals surface area contributed by atoms with Crippen LogP contribution in [0.5, 0.6) is 0 Å². The maximum absolute atomic E-state index is 12.3. The normalized spacial score (nSPS) is 19.5. The fourth-order valence-electron chi connectivity index (χ4n) is 1.99. The number of ether oxygens (including phenoxy) is 1. The second-order valence-corrected chi connectivity index (χ2v) is 6.87. The summed E-state index contributed by atoms with van der Waals surface area (Å²) in [7, 11) is -3.61. The number of rotatable bonds is 4. The Morgan fingerprint density at radius 3 is 2.79 bits per heavy atom. The van der Waals surface area contributed by atoms with Crippen LogP contribution in [-0.2, 0) is 14.6 Å². The average molecular weight is 305 g/mol. The molecule has 1 atom stereocenters. The van der Waals surface area contributed by atoms with E-state index in [1.807, 2.05) is 0 Å². The van der Waals surface area contributed by atoms with Gasteiger partial charge in [-0.1, -0.05) is 11.6 Å². The van der Waals surface area contributed by atoms with Crippen LogP contribution in [0.4, 0.5) is 0 Å². The molecule has 1 fully saturated rings. The van der Waals surface area contributed by atoms with E-state index < -0.39 is 15.8 Å². The molecule has 1 saturated heterocycles. The summed E-state index contributed by atoms with van der Waals surface area (Å²) in [4.78, 5) is 10.8. The van der Waals surface area contributed by atoms with Gasteiger partial charge < -0.3 is 9.84 Å². The van der Waals surface area contributed by atoms with Gasteiger partial charge in [0.15, 0.2) is 9.84 Å². The van der Waals surface area contributed by atoms with Crippen LogP contribution >= 0.6 is 11.6 Å². The molecule has 1 unspecified atom stereocenters. The summed E-state index contributed by atoms with van der Waals surface area (Å²) < 4.78 is 29.6. The molecular weight excluding hydrogens is 292 g/mol. The lowest BCUT2D eigenvalue weighted by molar-refractivity contribution is 0.0696. The van der Waals surface area contributed by atoms with Crippen molar-refractivity contribution in [1.29, 1.82) is 0 Å². The first-order valence-corrected chi connectivity index (χ1v) is 7.76. The van der Waals surface area contributed by atoms with Gasteiger partial charge in [0.05, 0.1) is 27.8 Å². The summed E-state index contributed by atoms with van der Waals surface area (Å²) in [5.74, 6) is -1.32. The second kappa shape index (κ2) is 5.48. The second-order valence-electron chi connectivity index (χ2n) is 4.46. The van der Waals surface area contributed by atoms with Crippen molar-refractivity contribution >= 4 is 27.4 Å². The lowest BCUT2D eigenvalue weighted by atomic mass is 10.2. The minimum Gasteiger partial charge on any atom is -0.478 e. The van der Waals surface area contributed by atoms with Gasteiger partial charge in [0.1, 0.15) is 0 Å². The molecule has 1 aromatic rings. The topological polar surface area (TPSA) is 80.7 Å². The van der Waals surface area contributed by atoms with Gasteiger partial charge in [0.25, 0.3) is 0 Å². The van der Waals surface area contributed by atoms with Gasteiger partial charge in [-0.15, -0.1) is 0 Å².